The van der Waals surface area contributed by atoms with Crippen molar-refractivity contribution >= 4 is 128 Å². The fraction of sp³-hybridized carbons (Fsp3) is 0.464. The molecule has 4 rings (SSSR count). The third-order valence-corrected chi connectivity index (χ3v) is 30.1. The highest BCUT2D eigenvalue weighted by atomic mass is 35.6. The Hall–Kier alpha value is -5.04. The number of rotatable bonds is 14. The number of nitrogens with one attached hydrogen (secondary N) is 6. The monoisotopic (exact) mass is 1250 g/mol. The summed E-state index contributed by atoms with van der Waals surface area (Å²) < 4.78 is 12.9. The average Bonchev–Trinajstić information content (AvgIpc) is 3.33. The summed E-state index contributed by atoms with van der Waals surface area (Å²) in [5, 5.41) is 26.6. The highest BCUT2D eigenvalue weighted by Gasteiger charge is 2.42. The van der Waals surface area contributed by atoms with E-state index in [0.717, 1.165) is 0 Å². The lowest BCUT2D eigenvalue weighted by Crippen LogP contribution is -2.55. The van der Waals surface area contributed by atoms with Gasteiger partial charge in [0, 0.05) is 22.5 Å². The molecule has 4 aromatic carbocycles. The van der Waals surface area contributed by atoms with Crippen molar-refractivity contribution < 1.29 is 38.2 Å². The van der Waals surface area contributed by atoms with Crippen LogP contribution in [0.3, 0.4) is 0 Å². The number of nitrogens with zero attached hydrogens (tertiary/aromatic N) is 2. The number of carbonyl (C=O) groups excluding carboxylic acids is 4. The summed E-state index contributed by atoms with van der Waals surface area (Å²) in [4.78, 5) is 58.0. The zero-order chi connectivity index (χ0) is 61.8. The van der Waals surface area contributed by atoms with Gasteiger partial charge in [0.1, 0.15) is 23.6 Å². The summed E-state index contributed by atoms with van der Waals surface area (Å²) in [5.41, 5.74) is 12.7. The van der Waals surface area contributed by atoms with Crippen molar-refractivity contribution in [2.45, 2.75) is 169 Å². The molecule has 24 heteroatoms. The lowest BCUT2D eigenvalue weighted by Gasteiger charge is -2.40. The number of amides is 4. The number of carbonyl (C=O) groups is 4. The Bertz CT molecular complexity index is 2950. The van der Waals surface area contributed by atoms with Crippen LogP contribution in [0.5, 0.6) is 11.5 Å². The summed E-state index contributed by atoms with van der Waals surface area (Å²) >= 11 is 30.9. The molecule has 0 spiro atoms. The van der Waals surface area contributed by atoms with Crippen LogP contribution in [0, 0.1) is 27.0 Å². The molecule has 4 amide bonds. The molecule has 4 atom stereocenters. The number of benzene rings is 4. The lowest BCUT2D eigenvalue weighted by atomic mass is 10.1. The van der Waals surface area contributed by atoms with E-state index in [0.29, 0.717) is 49.0 Å². The number of anilines is 2. The van der Waals surface area contributed by atoms with Gasteiger partial charge in [-0.3, -0.25) is 40.9 Å². The number of aliphatic hydroxyl groups excluding tert-OH is 1. The van der Waals surface area contributed by atoms with Gasteiger partial charge in [-0.25, -0.2) is 9.69 Å². The van der Waals surface area contributed by atoms with E-state index in [1.165, 1.54) is 37.3 Å². The van der Waals surface area contributed by atoms with E-state index < -0.39 is 71.9 Å². The molecule has 0 aliphatic carbocycles. The Labute approximate surface area is 501 Å². The maximum Gasteiger partial charge on any atom is 0.269 e. The number of phenols is 1. The molecule has 4 aromatic rings. The second kappa shape index (κ2) is 28.8. The van der Waals surface area contributed by atoms with Crippen LogP contribution in [-0.2, 0) is 14.0 Å². The molecule has 8 N–H and O–H groups in total. The summed E-state index contributed by atoms with van der Waals surface area (Å²) in [6.07, 6.45) is -1.69. The van der Waals surface area contributed by atoms with Gasteiger partial charge in [-0.2, -0.15) is 11.1 Å². The SMILES string of the molecule is CC(C)(C)[Si](C)(C)Cl.[C-]#[N+]c1ccc(N[C@@H](C(=O)NNC(=O)c2ccc(O)c(Cl)c2)[C@H](C)O)c(C)c1Cl.[C-]#[N+]c1ccc(N[C@@H](C(=O)NNC(=O)c2ccc(O[Si](C)(C)C(C)(C)C)c(Cl)c2)[C@H](C)O[Si](C)(C)C(C)(C)C)c(C)c1Cl. The molecule has 0 radical (unpaired) electrons. The molecule has 0 bridgehead atoms. The molecule has 0 unspecified atom stereocenters. The molecule has 0 aliphatic heterocycles. The zero-order valence-electron chi connectivity index (χ0n) is 49.2. The molecule has 80 heavy (non-hydrogen) atoms. The predicted molar refractivity (Wildman–Crippen MR) is 336 cm³/mol. The van der Waals surface area contributed by atoms with Crippen LogP contribution in [0.4, 0.5) is 22.7 Å². The van der Waals surface area contributed by atoms with Crippen LogP contribution in [0.15, 0.2) is 60.7 Å². The quantitative estimate of drug-likeness (QED) is 0.0259. The minimum Gasteiger partial charge on any atom is -0.543 e. The first kappa shape index (κ1) is 71.1. The van der Waals surface area contributed by atoms with Crippen molar-refractivity contribution in [3.63, 3.8) is 0 Å². The zero-order valence-corrected chi connectivity index (χ0v) is 56.0. The van der Waals surface area contributed by atoms with E-state index in [-0.39, 0.29) is 42.7 Å². The van der Waals surface area contributed by atoms with Crippen molar-refractivity contribution in [3.05, 3.63) is 126 Å². The fourth-order valence-electron chi connectivity index (χ4n) is 6.01. The molecule has 0 aromatic heterocycles. The normalized spacial score (nSPS) is 13.4. The first-order valence-corrected chi connectivity index (χ1v) is 36.8. The summed E-state index contributed by atoms with van der Waals surface area (Å²) in [5.74, 6) is -2.06. The number of hydrogen-bond acceptors (Lipinski definition) is 10. The van der Waals surface area contributed by atoms with Crippen LogP contribution in [0.2, 0.25) is 74.5 Å². The lowest BCUT2D eigenvalue weighted by molar-refractivity contribution is -0.125. The molecule has 0 saturated carbocycles. The first-order chi connectivity index (χ1) is 36.4. The van der Waals surface area contributed by atoms with E-state index in [9.17, 15) is 29.4 Å². The Morgan fingerprint density at radius 2 is 0.975 bits per heavy atom. The number of hydrazine groups is 2. The Morgan fingerprint density at radius 1 is 0.588 bits per heavy atom. The van der Waals surface area contributed by atoms with Gasteiger partial charge in [0.15, 0.2) is 15.7 Å². The summed E-state index contributed by atoms with van der Waals surface area (Å²) in [6, 6.07) is 13.0. The van der Waals surface area contributed by atoms with Gasteiger partial charge in [-0.15, -0.1) is 0 Å². The molecular formula is C56H79Cl5N8O8Si3. The van der Waals surface area contributed by atoms with E-state index in [1.54, 1.807) is 44.2 Å². The van der Waals surface area contributed by atoms with Crippen LogP contribution in [0.1, 0.15) is 108 Å². The van der Waals surface area contributed by atoms with Crippen LogP contribution < -0.4 is 36.8 Å². The second-order valence-electron chi connectivity index (χ2n) is 23.7. The molecule has 0 fully saturated rings. The van der Waals surface area contributed by atoms with Crippen molar-refractivity contribution in [2.24, 2.45) is 0 Å². The third kappa shape index (κ3) is 19.9. The highest BCUT2D eigenvalue weighted by molar-refractivity contribution is 7.20. The first-order valence-electron chi connectivity index (χ1n) is 25.5. The van der Waals surface area contributed by atoms with E-state index >= 15 is 0 Å². The topological polar surface area (TPSA) is 208 Å². The highest BCUT2D eigenvalue weighted by Crippen LogP contribution is 2.42. The standard InChI is InChI=1S/C31H46Cl2N4O4Si2.C19H18Cl2N4O4.C6H15ClSi/c1-19-23(15-16-24(34-9)26(19)33)35-27(20(2)40-42(10,11)30(3,4)5)29(39)37-36-28(38)21-14-17-25(22(32)18-21)41-43(12,13)31(6,7)8;1-9-13(5-6-14(22-3)16(9)21)23-17(10(2)26)19(29)25-24-18(28)11-4-7-15(27)12(20)8-11;1-6(2,3)8(4,5)7/h14-18,20,27,35H,1-8,10-13H3,(H,36,38)(H,37,39);4-8,10,17,23,26-27H,1-2H3,(H,24,28)(H,25,29);1-5H3/t20-,27+;10-,17+;/m00./s1. The van der Waals surface area contributed by atoms with Crippen molar-refractivity contribution in [1.82, 2.24) is 21.7 Å². The Kier molecular flexibility index (Phi) is 25.6. The average molecular weight is 1250 g/mol. The number of aliphatic hydroxyl groups is 1. The van der Waals surface area contributed by atoms with Gasteiger partial charge in [0.25, 0.3) is 31.9 Å². The van der Waals surface area contributed by atoms with E-state index in [1.807, 2.05) is 6.92 Å². The fourth-order valence-corrected chi connectivity index (χ4v) is 9.34. The van der Waals surface area contributed by atoms with Gasteiger partial charge in [0.05, 0.1) is 45.4 Å². The van der Waals surface area contributed by atoms with E-state index in [4.69, 9.17) is 79.5 Å². The number of phenolic OH excluding ortho intramolecular Hbond substituents is 1. The number of hydrogen-bond donors (Lipinski definition) is 8. The van der Waals surface area contributed by atoms with Crippen molar-refractivity contribution in [1.29, 1.82) is 0 Å². The van der Waals surface area contributed by atoms with Gasteiger partial charge in [0.2, 0.25) is 11.4 Å². The van der Waals surface area contributed by atoms with Crippen LogP contribution in [-0.4, -0.2) is 82.2 Å². The largest absolute Gasteiger partial charge is 0.543 e. The maximum atomic E-state index is 13.6. The summed E-state index contributed by atoms with van der Waals surface area (Å²) in [6.45, 7) is 53.3. The molecular weight excluding hydrogens is 1170 g/mol. The van der Waals surface area contributed by atoms with Gasteiger partial charge in [-0.05, 0) is 129 Å². The van der Waals surface area contributed by atoms with Crippen molar-refractivity contribution in [3.8, 4) is 11.5 Å². The Balaban J connectivity index is 0.000000506. The minimum atomic E-state index is -2.27. The van der Waals surface area contributed by atoms with Crippen LogP contribution in [0.25, 0.3) is 9.69 Å². The van der Waals surface area contributed by atoms with Gasteiger partial charge < -0.3 is 29.7 Å². The van der Waals surface area contributed by atoms with Crippen molar-refractivity contribution in [2.75, 3.05) is 10.6 Å². The van der Waals surface area contributed by atoms with Gasteiger partial charge >= 0.3 is 0 Å². The van der Waals surface area contributed by atoms with Gasteiger partial charge in [-0.1, -0.05) is 134 Å². The Morgan fingerprint density at radius 3 is 1.34 bits per heavy atom. The van der Waals surface area contributed by atoms with E-state index in [2.05, 4.69) is 144 Å². The second-order valence-corrected chi connectivity index (χ2v) is 42.0. The molecule has 0 aliphatic rings. The summed E-state index contributed by atoms with van der Waals surface area (Å²) in [7, 11) is -5.79. The minimum absolute atomic E-state index is 0.0114. The molecule has 16 nitrogen and oxygen atoms in total. The third-order valence-electron chi connectivity index (χ3n) is 14.4. The number of halogens is 5. The predicted octanol–water partition coefficient (Wildman–Crippen LogP) is 15.3. The smallest absolute Gasteiger partial charge is 0.269 e. The number of aromatic hydroxyl groups is 1. The van der Waals surface area contributed by atoms with Crippen LogP contribution >= 0.6 is 57.5 Å². The maximum absolute atomic E-state index is 13.6. The molecule has 438 valence electrons. The molecule has 0 saturated heterocycles. The molecule has 0 heterocycles.